The summed E-state index contributed by atoms with van der Waals surface area (Å²) in [5.41, 5.74) is 5.97. The number of anilines is 1. The Kier molecular flexibility index (Phi) is 3.47. The molecule has 94 valence electrons. The van der Waals surface area contributed by atoms with Gasteiger partial charge in [-0.15, -0.1) is 0 Å². The smallest absolute Gasteiger partial charge is 0.242 e. The van der Waals surface area contributed by atoms with Crippen LogP contribution in [-0.4, -0.2) is 14.5 Å². The molecule has 1 aromatic rings. The topological polar surface area (TPSA) is 72.2 Å². The molecule has 0 saturated heterocycles. The van der Waals surface area contributed by atoms with Crippen LogP contribution in [0.15, 0.2) is 27.6 Å². The fraction of sp³-hybridized carbons (Fsp3) is 0.455. The van der Waals surface area contributed by atoms with E-state index in [4.69, 9.17) is 5.73 Å². The van der Waals surface area contributed by atoms with Crippen molar-refractivity contribution in [3.8, 4) is 0 Å². The molecule has 6 heteroatoms. The van der Waals surface area contributed by atoms with Crippen LogP contribution in [0.1, 0.15) is 19.8 Å². The summed E-state index contributed by atoms with van der Waals surface area (Å²) >= 11 is 3.25. The fourth-order valence-electron chi connectivity index (χ4n) is 1.74. The van der Waals surface area contributed by atoms with Crippen molar-refractivity contribution in [3.63, 3.8) is 0 Å². The molecule has 4 nitrogen and oxygen atoms in total. The molecule has 0 bridgehead atoms. The largest absolute Gasteiger partial charge is 0.398 e. The van der Waals surface area contributed by atoms with Crippen molar-refractivity contribution >= 4 is 31.6 Å². The molecule has 0 amide bonds. The van der Waals surface area contributed by atoms with Gasteiger partial charge in [0.05, 0.1) is 5.69 Å². The summed E-state index contributed by atoms with van der Waals surface area (Å²) in [6.07, 6.45) is 2.19. The van der Waals surface area contributed by atoms with Crippen molar-refractivity contribution in [2.24, 2.45) is 5.92 Å². The lowest BCUT2D eigenvalue weighted by Crippen LogP contribution is -2.34. The van der Waals surface area contributed by atoms with Crippen LogP contribution in [0.25, 0.3) is 0 Å². The average molecular weight is 319 g/mol. The van der Waals surface area contributed by atoms with Gasteiger partial charge >= 0.3 is 0 Å². The van der Waals surface area contributed by atoms with Gasteiger partial charge in [0.1, 0.15) is 4.90 Å². The minimum absolute atomic E-state index is 0.0293. The molecular weight excluding hydrogens is 304 g/mol. The van der Waals surface area contributed by atoms with E-state index in [1.807, 2.05) is 6.92 Å². The first-order valence-electron chi connectivity index (χ1n) is 5.47. The Hall–Kier alpha value is -0.590. The van der Waals surface area contributed by atoms with E-state index in [1.54, 1.807) is 12.1 Å². The Morgan fingerprint density at radius 1 is 1.47 bits per heavy atom. The zero-order valence-corrected chi connectivity index (χ0v) is 11.9. The van der Waals surface area contributed by atoms with E-state index in [0.29, 0.717) is 10.4 Å². The second-order valence-electron chi connectivity index (χ2n) is 4.43. The highest BCUT2D eigenvalue weighted by Gasteiger charge is 2.31. The first-order valence-corrected chi connectivity index (χ1v) is 7.75. The van der Waals surface area contributed by atoms with Gasteiger partial charge in [-0.2, -0.15) is 0 Å². The summed E-state index contributed by atoms with van der Waals surface area (Å²) in [5.74, 6) is 0.471. The quantitative estimate of drug-likeness (QED) is 0.835. The number of nitrogens with two attached hydrogens (primary N) is 1. The van der Waals surface area contributed by atoms with Crippen LogP contribution < -0.4 is 10.5 Å². The minimum Gasteiger partial charge on any atom is -0.398 e. The SMILES string of the molecule is CC(NS(=O)(=O)c1cc(Br)ccc1N)C1CC1. The van der Waals surface area contributed by atoms with Gasteiger partial charge in [-0.05, 0) is 43.9 Å². The molecule has 1 unspecified atom stereocenters. The summed E-state index contributed by atoms with van der Waals surface area (Å²) in [6.45, 7) is 1.89. The predicted molar refractivity (Wildman–Crippen MR) is 71.1 cm³/mol. The van der Waals surface area contributed by atoms with Gasteiger partial charge in [-0.1, -0.05) is 15.9 Å². The minimum atomic E-state index is -3.52. The van der Waals surface area contributed by atoms with Gasteiger partial charge in [0.2, 0.25) is 10.0 Å². The van der Waals surface area contributed by atoms with Gasteiger partial charge in [0.25, 0.3) is 0 Å². The van der Waals surface area contributed by atoms with Crippen molar-refractivity contribution in [1.29, 1.82) is 0 Å². The van der Waals surface area contributed by atoms with Crippen molar-refractivity contribution in [1.82, 2.24) is 4.72 Å². The van der Waals surface area contributed by atoms with Crippen molar-refractivity contribution in [3.05, 3.63) is 22.7 Å². The Morgan fingerprint density at radius 3 is 2.71 bits per heavy atom. The van der Waals surface area contributed by atoms with E-state index in [9.17, 15) is 8.42 Å². The number of nitrogen functional groups attached to an aromatic ring is 1. The van der Waals surface area contributed by atoms with Gasteiger partial charge in [0, 0.05) is 10.5 Å². The Balaban J connectivity index is 2.27. The number of rotatable bonds is 4. The third-order valence-corrected chi connectivity index (χ3v) is 5.04. The van der Waals surface area contributed by atoms with Crippen molar-refractivity contribution < 1.29 is 8.42 Å². The number of sulfonamides is 1. The number of nitrogens with one attached hydrogen (secondary N) is 1. The van der Waals surface area contributed by atoms with Gasteiger partial charge in [-0.25, -0.2) is 13.1 Å². The Bertz CT molecular complexity index is 526. The number of benzene rings is 1. The molecule has 0 heterocycles. The molecule has 1 saturated carbocycles. The second kappa shape index (κ2) is 4.59. The van der Waals surface area contributed by atoms with Gasteiger partial charge < -0.3 is 5.73 Å². The Morgan fingerprint density at radius 2 is 2.12 bits per heavy atom. The van der Waals surface area contributed by atoms with Crippen molar-refractivity contribution in [2.75, 3.05) is 5.73 Å². The molecule has 0 spiro atoms. The molecule has 1 atom stereocenters. The first-order chi connectivity index (χ1) is 7.90. The first kappa shape index (κ1) is 12.9. The Labute approximate surface area is 110 Å². The second-order valence-corrected chi connectivity index (χ2v) is 7.03. The highest BCUT2D eigenvalue weighted by Crippen LogP contribution is 2.33. The van der Waals surface area contributed by atoms with E-state index in [0.717, 1.165) is 12.8 Å². The van der Waals surface area contributed by atoms with Crippen LogP contribution in [0.3, 0.4) is 0 Å². The summed E-state index contributed by atoms with van der Waals surface area (Å²) < 4.78 is 27.6. The van der Waals surface area contributed by atoms with Crippen molar-refractivity contribution in [2.45, 2.75) is 30.7 Å². The van der Waals surface area contributed by atoms with Crippen LogP contribution in [0.5, 0.6) is 0 Å². The summed E-state index contributed by atoms with van der Waals surface area (Å²) in [7, 11) is -3.52. The fourth-order valence-corrected chi connectivity index (χ4v) is 3.72. The van der Waals surface area contributed by atoms with E-state index in [2.05, 4.69) is 20.7 Å². The predicted octanol–water partition coefficient (Wildman–Crippen LogP) is 2.11. The zero-order valence-electron chi connectivity index (χ0n) is 9.48. The summed E-state index contributed by atoms with van der Waals surface area (Å²) in [4.78, 5) is 0.138. The van der Waals surface area contributed by atoms with Crippen LogP contribution >= 0.6 is 15.9 Å². The van der Waals surface area contributed by atoms with Gasteiger partial charge in [0.15, 0.2) is 0 Å². The third kappa shape index (κ3) is 3.00. The molecule has 17 heavy (non-hydrogen) atoms. The van der Waals surface area contributed by atoms with Gasteiger partial charge in [-0.3, -0.25) is 0 Å². The standard InChI is InChI=1S/C11H15BrN2O2S/c1-7(8-2-3-8)14-17(15,16)11-6-9(12)4-5-10(11)13/h4-8,14H,2-3,13H2,1H3. The molecule has 0 aromatic heterocycles. The van der Waals surface area contributed by atoms with Crippen LogP contribution in [-0.2, 0) is 10.0 Å². The summed E-state index contributed by atoms with van der Waals surface area (Å²) in [6, 6.07) is 4.80. The molecule has 0 aliphatic heterocycles. The molecule has 2 rings (SSSR count). The molecular formula is C11H15BrN2O2S. The maximum atomic E-state index is 12.1. The maximum absolute atomic E-state index is 12.1. The van der Waals surface area contributed by atoms with E-state index in [1.165, 1.54) is 6.07 Å². The normalized spacial score (nSPS) is 18.0. The zero-order chi connectivity index (χ0) is 12.6. The van der Waals surface area contributed by atoms with Crippen LogP contribution in [0, 0.1) is 5.92 Å². The molecule has 1 aliphatic carbocycles. The van der Waals surface area contributed by atoms with E-state index < -0.39 is 10.0 Å². The van der Waals surface area contributed by atoms with E-state index >= 15 is 0 Å². The number of hydrogen-bond donors (Lipinski definition) is 2. The maximum Gasteiger partial charge on any atom is 0.242 e. The lowest BCUT2D eigenvalue weighted by molar-refractivity contribution is 0.538. The molecule has 3 N–H and O–H groups in total. The van der Waals surface area contributed by atoms with Crippen LogP contribution in [0.2, 0.25) is 0 Å². The molecule has 1 aliphatic rings. The highest BCUT2D eigenvalue weighted by molar-refractivity contribution is 9.10. The average Bonchev–Trinajstić information content (AvgIpc) is 3.04. The van der Waals surface area contributed by atoms with E-state index in [-0.39, 0.29) is 16.6 Å². The lowest BCUT2D eigenvalue weighted by Gasteiger charge is -2.14. The molecule has 1 fully saturated rings. The monoisotopic (exact) mass is 318 g/mol. The molecule has 1 aromatic carbocycles. The summed E-state index contributed by atoms with van der Waals surface area (Å²) in [5, 5.41) is 0. The lowest BCUT2D eigenvalue weighted by atomic mass is 10.2. The van der Waals surface area contributed by atoms with Crippen LogP contribution in [0.4, 0.5) is 5.69 Å². The third-order valence-electron chi connectivity index (χ3n) is 2.94. The highest BCUT2D eigenvalue weighted by atomic mass is 79.9. The number of halogens is 1. The number of hydrogen-bond acceptors (Lipinski definition) is 3. The molecule has 0 radical (unpaired) electrons.